The first-order valence-corrected chi connectivity index (χ1v) is 6.60. The first-order valence-electron chi connectivity index (χ1n) is 6.60. The maximum absolute atomic E-state index is 12.0. The molecular formula is C14H17N3O2. The third-order valence-electron chi connectivity index (χ3n) is 3.70. The fraction of sp³-hybridized carbons (Fsp3) is 0.429. The smallest absolute Gasteiger partial charge is 0.258 e. The van der Waals surface area contributed by atoms with Crippen molar-refractivity contribution in [3.63, 3.8) is 0 Å². The molecule has 19 heavy (non-hydrogen) atoms. The van der Waals surface area contributed by atoms with Gasteiger partial charge in [-0.05, 0) is 31.5 Å². The third kappa shape index (κ3) is 2.39. The molecule has 0 amide bonds. The van der Waals surface area contributed by atoms with Gasteiger partial charge in [0.25, 0.3) is 5.56 Å². The summed E-state index contributed by atoms with van der Waals surface area (Å²) in [7, 11) is 0. The van der Waals surface area contributed by atoms with Crippen LogP contribution in [0.4, 0.5) is 0 Å². The largest absolute Gasteiger partial charge is 0.395 e. The zero-order valence-corrected chi connectivity index (χ0v) is 10.7. The first-order chi connectivity index (χ1) is 9.28. The number of nitrogens with zero attached hydrogens (tertiary/aromatic N) is 3. The van der Waals surface area contributed by atoms with E-state index in [0.29, 0.717) is 12.2 Å². The number of aliphatic hydroxyl groups excluding tert-OH is 1. The molecule has 5 heteroatoms. The van der Waals surface area contributed by atoms with Gasteiger partial charge in [0.15, 0.2) is 0 Å². The molecule has 0 aliphatic carbocycles. The van der Waals surface area contributed by atoms with Crippen LogP contribution in [0.2, 0.25) is 0 Å². The second kappa shape index (κ2) is 5.11. The molecule has 3 rings (SSSR count). The van der Waals surface area contributed by atoms with E-state index in [1.54, 1.807) is 12.3 Å². The highest BCUT2D eigenvalue weighted by molar-refractivity contribution is 5.37. The molecule has 1 fully saturated rings. The van der Waals surface area contributed by atoms with Crippen LogP contribution in [0.5, 0.6) is 0 Å². The number of pyridine rings is 1. The maximum atomic E-state index is 12.0. The quantitative estimate of drug-likeness (QED) is 0.879. The van der Waals surface area contributed by atoms with Crippen molar-refractivity contribution in [2.24, 2.45) is 0 Å². The number of hydrogen-bond acceptors (Lipinski definition) is 4. The molecule has 0 aromatic carbocycles. The molecule has 2 aromatic rings. The van der Waals surface area contributed by atoms with Gasteiger partial charge in [-0.3, -0.25) is 14.1 Å². The van der Waals surface area contributed by atoms with Crippen molar-refractivity contribution < 1.29 is 5.11 Å². The minimum absolute atomic E-state index is 0.0552. The summed E-state index contributed by atoms with van der Waals surface area (Å²) >= 11 is 0. The molecule has 5 nitrogen and oxygen atoms in total. The van der Waals surface area contributed by atoms with E-state index in [0.717, 1.165) is 25.1 Å². The zero-order chi connectivity index (χ0) is 13.2. The molecule has 0 unspecified atom stereocenters. The van der Waals surface area contributed by atoms with Crippen molar-refractivity contribution in [3.8, 4) is 0 Å². The fourth-order valence-corrected chi connectivity index (χ4v) is 2.70. The van der Waals surface area contributed by atoms with Crippen LogP contribution >= 0.6 is 0 Å². The molecule has 0 spiro atoms. The molecule has 1 aliphatic rings. The van der Waals surface area contributed by atoms with E-state index in [2.05, 4.69) is 9.88 Å². The van der Waals surface area contributed by atoms with Gasteiger partial charge in [0.2, 0.25) is 0 Å². The van der Waals surface area contributed by atoms with Gasteiger partial charge in [0.05, 0.1) is 12.3 Å². The summed E-state index contributed by atoms with van der Waals surface area (Å²) in [6.07, 6.45) is 3.84. The summed E-state index contributed by atoms with van der Waals surface area (Å²) in [5.41, 5.74) is 1.39. The monoisotopic (exact) mass is 259 g/mol. The molecule has 0 bridgehead atoms. The molecule has 100 valence electrons. The Morgan fingerprint density at radius 2 is 2.32 bits per heavy atom. The fourth-order valence-electron chi connectivity index (χ4n) is 2.70. The molecule has 1 atom stereocenters. The Balaban J connectivity index is 1.91. The van der Waals surface area contributed by atoms with Crippen LogP contribution in [0.3, 0.4) is 0 Å². The van der Waals surface area contributed by atoms with Crippen molar-refractivity contribution in [3.05, 3.63) is 46.5 Å². The topological polar surface area (TPSA) is 57.8 Å². The van der Waals surface area contributed by atoms with Crippen molar-refractivity contribution in [1.29, 1.82) is 0 Å². The van der Waals surface area contributed by atoms with Crippen molar-refractivity contribution in [2.75, 3.05) is 13.2 Å². The van der Waals surface area contributed by atoms with E-state index in [1.807, 2.05) is 18.2 Å². The summed E-state index contributed by atoms with van der Waals surface area (Å²) in [6, 6.07) is 7.31. The van der Waals surface area contributed by atoms with E-state index in [9.17, 15) is 9.90 Å². The lowest BCUT2D eigenvalue weighted by Crippen LogP contribution is -2.32. The summed E-state index contributed by atoms with van der Waals surface area (Å²) < 4.78 is 1.54. The standard InChI is InChI=1S/C14H17N3O2/c18-10-12-4-3-6-16(12)9-11-8-14(19)17-7-2-1-5-13(17)15-11/h1-2,5,7-8,12,18H,3-4,6,9-10H2/t12-/m0/s1. The van der Waals surface area contributed by atoms with Crippen LogP contribution in [0, 0.1) is 0 Å². The minimum atomic E-state index is -0.0552. The minimum Gasteiger partial charge on any atom is -0.395 e. The Hall–Kier alpha value is -1.72. The van der Waals surface area contributed by atoms with Gasteiger partial charge in [-0.1, -0.05) is 6.07 Å². The molecule has 1 N–H and O–H groups in total. The van der Waals surface area contributed by atoms with Gasteiger partial charge in [-0.25, -0.2) is 4.98 Å². The van der Waals surface area contributed by atoms with E-state index < -0.39 is 0 Å². The molecule has 1 saturated heterocycles. The molecule has 2 aromatic heterocycles. The summed E-state index contributed by atoms with van der Waals surface area (Å²) in [5.74, 6) is 0. The second-order valence-electron chi connectivity index (χ2n) is 4.96. The normalized spacial score (nSPS) is 20.2. The molecule has 3 heterocycles. The van der Waals surface area contributed by atoms with Crippen LogP contribution < -0.4 is 5.56 Å². The molecule has 1 aliphatic heterocycles. The zero-order valence-electron chi connectivity index (χ0n) is 10.7. The number of likely N-dealkylation sites (tertiary alicyclic amines) is 1. The second-order valence-corrected chi connectivity index (χ2v) is 4.96. The average Bonchev–Trinajstić information content (AvgIpc) is 2.86. The summed E-state index contributed by atoms with van der Waals surface area (Å²) in [4.78, 5) is 18.7. The van der Waals surface area contributed by atoms with Gasteiger partial charge in [0.1, 0.15) is 5.65 Å². The number of rotatable bonds is 3. The van der Waals surface area contributed by atoms with Crippen LogP contribution in [0.1, 0.15) is 18.5 Å². The lowest BCUT2D eigenvalue weighted by molar-refractivity contribution is 0.152. The van der Waals surface area contributed by atoms with Crippen LogP contribution in [0.25, 0.3) is 5.65 Å². The van der Waals surface area contributed by atoms with Crippen molar-refractivity contribution in [1.82, 2.24) is 14.3 Å². The lowest BCUT2D eigenvalue weighted by Gasteiger charge is -2.22. The highest BCUT2D eigenvalue weighted by Gasteiger charge is 2.24. The third-order valence-corrected chi connectivity index (χ3v) is 3.70. The van der Waals surface area contributed by atoms with Gasteiger partial charge in [0, 0.05) is 24.8 Å². The Morgan fingerprint density at radius 3 is 3.16 bits per heavy atom. The SMILES string of the molecule is O=c1cc(CN2CCC[C@H]2CO)nc2ccccn12. The Morgan fingerprint density at radius 1 is 1.42 bits per heavy atom. The Bertz CT molecular complexity index is 638. The van der Waals surface area contributed by atoms with Crippen LogP contribution in [-0.2, 0) is 6.54 Å². The van der Waals surface area contributed by atoms with E-state index in [-0.39, 0.29) is 18.2 Å². The highest BCUT2D eigenvalue weighted by atomic mass is 16.3. The van der Waals surface area contributed by atoms with E-state index in [1.165, 1.54) is 4.40 Å². The number of fused-ring (bicyclic) bond motifs is 1. The number of hydrogen-bond donors (Lipinski definition) is 1. The van der Waals surface area contributed by atoms with Gasteiger partial charge < -0.3 is 5.11 Å². The Labute approximate surface area is 111 Å². The number of aromatic nitrogens is 2. The average molecular weight is 259 g/mol. The van der Waals surface area contributed by atoms with Crippen LogP contribution in [0.15, 0.2) is 35.3 Å². The van der Waals surface area contributed by atoms with E-state index in [4.69, 9.17) is 0 Å². The number of aliphatic hydroxyl groups is 1. The first kappa shape index (κ1) is 12.3. The van der Waals surface area contributed by atoms with E-state index >= 15 is 0 Å². The highest BCUT2D eigenvalue weighted by Crippen LogP contribution is 2.18. The predicted molar refractivity (Wildman–Crippen MR) is 72.0 cm³/mol. The van der Waals surface area contributed by atoms with Gasteiger partial charge in [-0.2, -0.15) is 0 Å². The Kier molecular flexibility index (Phi) is 3.31. The van der Waals surface area contributed by atoms with Gasteiger partial charge >= 0.3 is 0 Å². The molecular weight excluding hydrogens is 242 g/mol. The van der Waals surface area contributed by atoms with Crippen molar-refractivity contribution >= 4 is 5.65 Å². The summed E-state index contributed by atoms with van der Waals surface area (Å²) in [6.45, 7) is 1.76. The molecule has 0 radical (unpaired) electrons. The lowest BCUT2D eigenvalue weighted by atomic mass is 10.2. The van der Waals surface area contributed by atoms with Crippen LogP contribution in [-0.4, -0.2) is 38.6 Å². The predicted octanol–water partition coefficient (Wildman–Crippen LogP) is 0.651. The molecule has 0 saturated carbocycles. The maximum Gasteiger partial charge on any atom is 0.258 e. The van der Waals surface area contributed by atoms with Gasteiger partial charge in [-0.15, -0.1) is 0 Å². The van der Waals surface area contributed by atoms with Crippen molar-refractivity contribution in [2.45, 2.75) is 25.4 Å². The summed E-state index contributed by atoms with van der Waals surface area (Å²) in [5, 5.41) is 9.31.